The molecule has 0 atom stereocenters. The maximum absolute atomic E-state index is 13.5. The monoisotopic (exact) mass is 293 g/mol. The molecular weight excluding hydrogens is 277 g/mol. The van der Waals surface area contributed by atoms with Gasteiger partial charge in [-0.15, -0.1) is 0 Å². The molecule has 1 aliphatic carbocycles. The van der Waals surface area contributed by atoms with Crippen LogP contribution in [0.3, 0.4) is 0 Å². The van der Waals surface area contributed by atoms with Crippen molar-refractivity contribution in [1.29, 1.82) is 0 Å². The Balaban J connectivity index is 1.93. The highest BCUT2D eigenvalue weighted by Gasteiger charge is 2.21. The second-order valence-electron chi connectivity index (χ2n) is 5.35. The minimum Gasteiger partial charge on any atom is -0.396 e. The van der Waals surface area contributed by atoms with Crippen molar-refractivity contribution in [2.75, 3.05) is 5.73 Å². The minimum absolute atomic E-state index is 0.112. The van der Waals surface area contributed by atoms with Gasteiger partial charge in [0.1, 0.15) is 5.82 Å². The summed E-state index contributed by atoms with van der Waals surface area (Å²) in [4.78, 5) is 0. The zero-order valence-corrected chi connectivity index (χ0v) is 11.9. The molecule has 20 heavy (non-hydrogen) atoms. The fourth-order valence-electron chi connectivity index (χ4n) is 2.85. The normalized spacial score (nSPS) is 16.5. The van der Waals surface area contributed by atoms with Crippen LogP contribution in [0, 0.1) is 5.82 Å². The van der Waals surface area contributed by atoms with Gasteiger partial charge in [0, 0.05) is 12.0 Å². The van der Waals surface area contributed by atoms with Gasteiger partial charge in [0.15, 0.2) is 0 Å². The molecule has 1 aliphatic rings. The summed E-state index contributed by atoms with van der Waals surface area (Å²) in [6.07, 6.45) is 7.78. The Morgan fingerprint density at radius 2 is 2.00 bits per heavy atom. The largest absolute Gasteiger partial charge is 0.396 e. The van der Waals surface area contributed by atoms with Gasteiger partial charge in [-0.1, -0.05) is 30.9 Å². The first kappa shape index (κ1) is 13.4. The number of benzene rings is 1. The molecule has 3 nitrogen and oxygen atoms in total. The molecule has 1 aromatic carbocycles. The molecular formula is C15H17ClFN3. The fourth-order valence-corrected chi connectivity index (χ4v) is 2.97. The van der Waals surface area contributed by atoms with Crippen molar-refractivity contribution in [2.24, 2.45) is 0 Å². The van der Waals surface area contributed by atoms with Gasteiger partial charge in [-0.25, -0.2) is 9.07 Å². The highest BCUT2D eigenvalue weighted by molar-refractivity contribution is 6.30. The van der Waals surface area contributed by atoms with Crippen LogP contribution in [0.5, 0.6) is 0 Å². The van der Waals surface area contributed by atoms with Crippen molar-refractivity contribution in [2.45, 2.75) is 38.0 Å². The van der Waals surface area contributed by atoms with Crippen molar-refractivity contribution < 1.29 is 4.39 Å². The van der Waals surface area contributed by atoms with Gasteiger partial charge in [-0.2, -0.15) is 5.10 Å². The number of aromatic nitrogens is 2. The van der Waals surface area contributed by atoms with Crippen molar-refractivity contribution in [3.05, 3.63) is 40.9 Å². The summed E-state index contributed by atoms with van der Waals surface area (Å²) in [5.74, 6) is -0.0143. The lowest BCUT2D eigenvalue weighted by Gasteiger charge is -2.20. The highest BCUT2D eigenvalue weighted by Crippen LogP contribution is 2.35. The number of anilines is 1. The van der Waals surface area contributed by atoms with Crippen molar-refractivity contribution in [3.8, 4) is 5.69 Å². The molecule has 0 saturated heterocycles. The summed E-state index contributed by atoms with van der Waals surface area (Å²) >= 11 is 5.70. The topological polar surface area (TPSA) is 43.8 Å². The van der Waals surface area contributed by atoms with Gasteiger partial charge in [-0.3, -0.25) is 0 Å². The Hall–Kier alpha value is -1.55. The van der Waals surface area contributed by atoms with Crippen LogP contribution in [0.4, 0.5) is 10.1 Å². The van der Waals surface area contributed by atoms with E-state index in [0.29, 0.717) is 17.3 Å². The fraction of sp³-hybridized carbons (Fsp3) is 0.400. The lowest BCUT2D eigenvalue weighted by molar-refractivity contribution is 0.435. The number of nitrogens with zero attached hydrogens (tertiary/aromatic N) is 2. The second-order valence-corrected chi connectivity index (χ2v) is 5.75. The summed E-state index contributed by atoms with van der Waals surface area (Å²) in [6.45, 7) is 0. The van der Waals surface area contributed by atoms with Crippen LogP contribution in [-0.2, 0) is 0 Å². The van der Waals surface area contributed by atoms with E-state index < -0.39 is 5.82 Å². The Bertz CT molecular complexity index is 618. The molecule has 1 fully saturated rings. The third-order valence-corrected chi connectivity index (χ3v) is 4.24. The molecule has 2 aromatic rings. The number of rotatable bonds is 2. The first-order valence-electron chi connectivity index (χ1n) is 6.95. The van der Waals surface area contributed by atoms with E-state index in [4.69, 9.17) is 17.3 Å². The lowest BCUT2D eigenvalue weighted by atomic mass is 9.86. The molecule has 1 heterocycles. The van der Waals surface area contributed by atoms with Crippen LogP contribution >= 0.6 is 11.6 Å². The van der Waals surface area contributed by atoms with Crippen LogP contribution in [0.25, 0.3) is 5.69 Å². The van der Waals surface area contributed by atoms with Crippen LogP contribution in [-0.4, -0.2) is 9.78 Å². The molecule has 106 valence electrons. The van der Waals surface area contributed by atoms with E-state index in [1.54, 1.807) is 16.9 Å². The van der Waals surface area contributed by atoms with Crippen molar-refractivity contribution in [3.63, 3.8) is 0 Å². The molecule has 0 spiro atoms. The zero-order valence-electron chi connectivity index (χ0n) is 11.1. The van der Waals surface area contributed by atoms with E-state index in [1.165, 1.54) is 31.4 Å². The Morgan fingerprint density at radius 3 is 2.70 bits per heavy atom. The van der Waals surface area contributed by atoms with Gasteiger partial charge >= 0.3 is 0 Å². The Morgan fingerprint density at radius 1 is 1.25 bits per heavy atom. The number of hydrogen-bond donors (Lipinski definition) is 1. The molecule has 0 bridgehead atoms. The molecule has 0 radical (unpaired) electrons. The average Bonchev–Trinajstić information content (AvgIpc) is 2.85. The number of nitrogens with two attached hydrogens (primary N) is 1. The Kier molecular flexibility index (Phi) is 3.66. The first-order chi connectivity index (χ1) is 9.65. The van der Waals surface area contributed by atoms with Gasteiger partial charge < -0.3 is 5.73 Å². The second kappa shape index (κ2) is 5.44. The predicted octanol–water partition coefficient (Wildman–Crippen LogP) is 4.29. The Labute approximate surface area is 122 Å². The van der Waals surface area contributed by atoms with Crippen molar-refractivity contribution >= 4 is 17.3 Å². The molecule has 0 unspecified atom stereocenters. The quantitative estimate of drug-likeness (QED) is 0.897. The summed E-state index contributed by atoms with van der Waals surface area (Å²) in [5, 5.41) is 4.67. The van der Waals surface area contributed by atoms with Gasteiger partial charge in [0.2, 0.25) is 0 Å². The van der Waals surface area contributed by atoms with E-state index in [9.17, 15) is 4.39 Å². The summed E-state index contributed by atoms with van der Waals surface area (Å²) in [5.41, 5.74) is 8.35. The minimum atomic E-state index is -0.447. The van der Waals surface area contributed by atoms with E-state index in [2.05, 4.69) is 5.10 Å². The maximum Gasteiger partial charge on any atom is 0.143 e. The van der Waals surface area contributed by atoms with E-state index in [0.717, 1.165) is 18.5 Å². The standard InChI is InChI=1S/C15H17ClFN3/c16-12-7-6-11(8-13(12)17)20-9-14(18)15(19-20)10-4-2-1-3-5-10/h6-10H,1-5,18H2. The summed E-state index contributed by atoms with van der Waals surface area (Å²) < 4.78 is 15.2. The van der Waals surface area contributed by atoms with Gasteiger partial charge in [0.25, 0.3) is 0 Å². The highest BCUT2D eigenvalue weighted by atomic mass is 35.5. The molecule has 1 saturated carbocycles. The van der Waals surface area contributed by atoms with E-state index >= 15 is 0 Å². The molecule has 1 aromatic heterocycles. The van der Waals surface area contributed by atoms with Crippen molar-refractivity contribution in [1.82, 2.24) is 9.78 Å². The number of nitrogen functional groups attached to an aromatic ring is 1. The number of hydrogen-bond acceptors (Lipinski definition) is 2. The third-order valence-electron chi connectivity index (χ3n) is 3.93. The third kappa shape index (κ3) is 2.52. The molecule has 0 aliphatic heterocycles. The summed E-state index contributed by atoms with van der Waals surface area (Å²) in [7, 11) is 0. The molecule has 2 N–H and O–H groups in total. The van der Waals surface area contributed by atoms with Gasteiger partial charge in [0.05, 0.1) is 28.3 Å². The predicted molar refractivity (Wildman–Crippen MR) is 78.8 cm³/mol. The first-order valence-corrected chi connectivity index (χ1v) is 7.33. The maximum atomic E-state index is 13.5. The molecule has 5 heteroatoms. The number of halogens is 2. The molecule has 0 amide bonds. The lowest BCUT2D eigenvalue weighted by Crippen LogP contribution is -2.07. The average molecular weight is 294 g/mol. The van der Waals surface area contributed by atoms with E-state index in [-0.39, 0.29) is 5.02 Å². The van der Waals surface area contributed by atoms with Crippen LogP contribution in [0.15, 0.2) is 24.4 Å². The van der Waals surface area contributed by atoms with Crippen LogP contribution in [0.2, 0.25) is 5.02 Å². The zero-order chi connectivity index (χ0) is 14.1. The van der Waals surface area contributed by atoms with E-state index in [1.807, 2.05) is 0 Å². The van der Waals surface area contributed by atoms with Gasteiger partial charge in [-0.05, 0) is 25.0 Å². The smallest absolute Gasteiger partial charge is 0.143 e. The van der Waals surface area contributed by atoms with Crippen LogP contribution in [0.1, 0.15) is 43.7 Å². The van der Waals surface area contributed by atoms with Crippen LogP contribution < -0.4 is 5.73 Å². The molecule has 3 rings (SSSR count). The summed E-state index contributed by atoms with van der Waals surface area (Å²) in [6, 6.07) is 4.65. The SMILES string of the molecule is Nc1cn(-c2ccc(Cl)c(F)c2)nc1C1CCCCC1.